The summed E-state index contributed by atoms with van der Waals surface area (Å²) >= 11 is 0. The first-order chi connectivity index (χ1) is 12.2. The zero-order valence-corrected chi connectivity index (χ0v) is 14.0. The maximum absolute atomic E-state index is 12.6. The van der Waals surface area contributed by atoms with E-state index in [-0.39, 0.29) is 24.0 Å². The second kappa shape index (κ2) is 6.66. The number of carbonyl (C=O) groups excluding carboxylic acids is 1. The Morgan fingerprint density at radius 2 is 1.88 bits per heavy atom. The molecule has 3 atom stereocenters. The van der Waals surface area contributed by atoms with Crippen molar-refractivity contribution in [2.24, 2.45) is 0 Å². The van der Waals surface area contributed by atoms with Crippen LogP contribution in [0.25, 0.3) is 11.0 Å². The summed E-state index contributed by atoms with van der Waals surface area (Å²) in [7, 11) is 0. The van der Waals surface area contributed by atoms with Gasteiger partial charge in [0.05, 0.1) is 17.1 Å². The number of amides is 1. The standard InChI is InChI=1S/C19H21N5O/c1-12(18-21-14-9-5-6-10-15(14)22-18)20-19(25)17-11-16(23-24-17)13-7-3-2-4-8-13/h2-10,12,16-17,23-24H,11H2,1H3,(H,20,25)(H,21,22). The molecule has 25 heavy (non-hydrogen) atoms. The van der Waals surface area contributed by atoms with Gasteiger partial charge < -0.3 is 10.3 Å². The van der Waals surface area contributed by atoms with E-state index < -0.39 is 0 Å². The third-order valence-electron chi connectivity index (χ3n) is 4.60. The molecule has 6 nitrogen and oxygen atoms in total. The van der Waals surface area contributed by atoms with Gasteiger partial charge in [-0.15, -0.1) is 0 Å². The summed E-state index contributed by atoms with van der Waals surface area (Å²) in [6.07, 6.45) is 0.711. The minimum absolute atomic E-state index is 0.0288. The molecule has 0 aliphatic carbocycles. The van der Waals surface area contributed by atoms with Gasteiger partial charge in [0.1, 0.15) is 11.9 Å². The predicted molar refractivity (Wildman–Crippen MR) is 96.5 cm³/mol. The summed E-state index contributed by atoms with van der Waals surface area (Å²) in [6.45, 7) is 1.94. The van der Waals surface area contributed by atoms with Crippen molar-refractivity contribution in [3.05, 3.63) is 66.0 Å². The summed E-state index contributed by atoms with van der Waals surface area (Å²) in [5.41, 5.74) is 9.36. The highest BCUT2D eigenvalue weighted by atomic mass is 16.2. The Balaban J connectivity index is 1.40. The Kier molecular flexibility index (Phi) is 4.21. The highest BCUT2D eigenvalue weighted by molar-refractivity contribution is 5.82. The molecule has 1 aliphatic heterocycles. The van der Waals surface area contributed by atoms with Crippen LogP contribution < -0.4 is 16.2 Å². The van der Waals surface area contributed by atoms with Gasteiger partial charge in [0.15, 0.2) is 0 Å². The monoisotopic (exact) mass is 335 g/mol. The van der Waals surface area contributed by atoms with Gasteiger partial charge in [-0.3, -0.25) is 4.79 Å². The van der Waals surface area contributed by atoms with Crippen molar-refractivity contribution < 1.29 is 4.79 Å². The molecule has 1 aliphatic rings. The largest absolute Gasteiger partial charge is 0.345 e. The number of H-pyrrole nitrogens is 1. The maximum Gasteiger partial charge on any atom is 0.239 e. The van der Waals surface area contributed by atoms with Crippen LogP contribution in [0.2, 0.25) is 0 Å². The number of hydrogen-bond acceptors (Lipinski definition) is 4. The Morgan fingerprint density at radius 3 is 2.68 bits per heavy atom. The normalized spacial score (nSPS) is 21.3. The van der Waals surface area contributed by atoms with Crippen molar-refractivity contribution in [3.63, 3.8) is 0 Å². The first-order valence-corrected chi connectivity index (χ1v) is 8.52. The molecule has 1 aromatic heterocycles. The Labute approximate surface area is 146 Å². The molecule has 1 amide bonds. The summed E-state index contributed by atoms with van der Waals surface area (Å²) in [5.74, 6) is 0.735. The minimum atomic E-state index is -0.267. The molecule has 128 valence electrons. The minimum Gasteiger partial charge on any atom is -0.345 e. The number of para-hydroxylation sites is 2. The van der Waals surface area contributed by atoms with Crippen molar-refractivity contribution in [3.8, 4) is 0 Å². The van der Waals surface area contributed by atoms with E-state index in [0.717, 1.165) is 16.9 Å². The smallest absolute Gasteiger partial charge is 0.239 e. The lowest BCUT2D eigenvalue weighted by molar-refractivity contribution is -0.123. The first kappa shape index (κ1) is 15.8. The molecule has 2 aromatic carbocycles. The molecule has 6 heteroatoms. The van der Waals surface area contributed by atoms with Crippen LogP contribution >= 0.6 is 0 Å². The molecule has 2 heterocycles. The molecule has 4 rings (SSSR count). The van der Waals surface area contributed by atoms with Crippen molar-refractivity contribution in [2.45, 2.75) is 31.5 Å². The third kappa shape index (κ3) is 3.26. The number of carbonyl (C=O) groups is 1. The molecule has 3 unspecified atom stereocenters. The lowest BCUT2D eigenvalue weighted by atomic mass is 10.0. The van der Waals surface area contributed by atoms with Gasteiger partial charge in [-0.2, -0.15) is 0 Å². The van der Waals surface area contributed by atoms with E-state index in [0.29, 0.717) is 6.42 Å². The van der Waals surface area contributed by atoms with Gasteiger partial charge in [-0.05, 0) is 31.0 Å². The van der Waals surface area contributed by atoms with Crippen LogP contribution in [0, 0.1) is 0 Å². The summed E-state index contributed by atoms with van der Waals surface area (Å²) < 4.78 is 0. The lowest BCUT2D eigenvalue weighted by Crippen LogP contribution is -2.44. The number of nitrogens with one attached hydrogen (secondary N) is 4. The number of aromatic nitrogens is 2. The van der Waals surface area contributed by atoms with Gasteiger partial charge in [-0.1, -0.05) is 42.5 Å². The van der Waals surface area contributed by atoms with Crippen molar-refractivity contribution in [2.75, 3.05) is 0 Å². The van der Waals surface area contributed by atoms with Gasteiger partial charge in [0.25, 0.3) is 0 Å². The van der Waals surface area contributed by atoms with Gasteiger partial charge in [0, 0.05) is 6.04 Å². The molecule has 1 fully saturated rings. The fraction of sp³-hybridized carbons (Fsp3) is 0.263. The Hall–Kier alpha value is -2.70. The molecule has 0 saturated carbocycles. The number of imidazole rings is 1. The lowest BCUT2D eigenvalue weighted by Gasteiger charge is -2.15. The highest BCUT2D eigenvalue weighted by Crippen LogP contribution is 2.22. The molecule has 0 radical (unpaired) electrons. The summed E-state index contributed by atoms with van der Waals surface area (Å²) in [6, 6.07) is 17.7. The number of hydrogen-bond donors (Lipinski definition) is 4. The van der Waals surface area contributed by atoms with Crippen LogP contribution in [0.1, 0.15) is 36.8 Å². The number of aromatic amines is 1. The van der Waals surface area contributed by atoms with E-state index in [1.807, 2.05) is 49.4 Å². The topological polar surface area (TPSA) is 81.8 Å². The van der Waals surface area contributed by atoms with Crippen LogP contribution in [0.3, 0.4) is 0 Å². The number of fused-ring (bicyclic) bond motifs is 1. The van der Waals surface area contributed by atoms with E-state index in [9.17, 15) is 4.79 Å². The quantitative estimate of drug-likeness (QED) is 0.590. The van der Waals surface area contributed by atoms with E-state index in [1.54, 1.807) is 0 Å². The summed E-state index contributed by atoms with van der Waals surface area (Å²) in [5, 5.41) is 3.04. The SMILES string of the molecule is CC(NC(=O)C1CC(c2ccccc2)NN1)c1nc2ccccc2[nH]1. The first-order valence-electron chi connectivity index (χ1n) is 8.52. The highest BCUT2D eigenvalue weighted by Gasteiger charge is 2.31. The molecule has 3 aromatic rings. The molecular formula is C19H21N5O. The van der Waals surface area contributed by atoms with Gasteiger partial charge >= 0.3 is 0 Å². The van der Waals surface area contributed by atoms with Crippen LogP contribution in [-0.2, 0) is 4.79 Å². The second-order valence-electron chi connectivity index (χ2n) is 6.41. The number of benzene rings is 2. The zero-order chi connectivity index (χ0) is 17.2. The van der Waals surface area contributed by atoms with Crippen molar-refractivity contribution in [1.29, 1.82) is 0 Å². The van der Waals surface area contributed by atoms with Crippen molar-refractivity contribution >= 4 is 16.9 Å². The fourth-order valence-corrected chi connectivity index (χ4v) is 3.19. The zero-order valence-electron chi connectivity index (χ0n) is 14.0. The predicted octanol–water partition coefficient (Wildman–Crippen LogP) is 2.35. The number of hydrazine groups is 1. The van der Waals surface area contributed by atoms with E-state index in [1.165, 1.54) is 5.56 Å². The maximum atomic E-state index is 12.6. The third-order valence-corrected chi connectivity index (χ3v) is 4.60. The van der Waals surface area contributed by atoms with Gasteiger partial charge in [0.2, 0.25) is 5.91 Å². The van der Waals surface area contributed by atoms with Crippen LogP contribution in [0.15, 0.2) is 54.6 Å². The Bertz CT molecular complexity index is 843. The van der Waals surface area contributed by atoms with Gasteiger partial charge in [-0.25, -0.2) is 15.8 Å². The summed E-state index contributed by atoms with van der Waals surface area (Å²) in [4.78, 5) is 20.4. The van der Waals surface area contributed by atoms with Crippen LogP contribution in [-0.4, -0.2) is 21.9 Å². The number of rotatable bonds is 4. The molecule has 0 bridgehead atoms. The number of nitrogens with zero attached hydrogens (tertiary/aromatic N) is 1. The Morgan fingerprint density at radius 1 is 1.12 bits per heavy atom. The van der Waals surface area contributed by atoms with Crippen LogP contribution in [0.5, 0.6) is 0 Å². The average Bonchev–Trinajstić information content (AvgIpc) is 3.29. The van der Waals surface area contributed by atoms with E-state index in [2.05, 4.69) is 38.3 Å². The molecular weight excluding hydrogens is 314 g/mol. The molecule has 0 spiro atoms. The van der Waals surface area contributed by atoms with E-state index in [4.69, 9.17) is 0 Å². The van der Waals surface area contributed by atoms with Crippen LogP contribution in [0.4, 0.5) is 0 Å². The fourth-order valence-electron chi connectivity index (χ4n) is 3.19. The van der Waals surface area contributed by atoms with E-state index >= 15 is 0 Å². The molecule has 4 N–H and O–H groups in total. The molecule has 1 saturated heterocycles. The van der Waals surface area contributed by atoms with Crippen molar-refractivity contribution in [1.82, 2.24) is 26.1 Å². The second-order valence-corrected chi connectivity index (χ2v) is 6.41. The average molecular weight is 335 g/mol.